The van der Waals surface area contributed by atoms with Gasteiger partial charge in [0.15, 0.2) is 0 Å². The first kappa shape index (κ1) is 11.6. The zero-order chi connectivity index (χ0) is 12.1. The van der Waals surface area contributed by atoms with Gasteiger partial charge in [-0.3, -0.25) is 0 Å². The van der Waals surface area contributed by atoms with Crippen molar-refractivity contribution < 1.29 is 4.79 Å². The van der Waals surface area contributed by atoms with E-state index in [9.17, 15) is 4.79 Å². The summed E-state index contributed by atoms with van der Waals surface area (Å²) in [4.78, 5) is 15.3. The SMILES string of the molecule is CSc1ccccc1-c1ccccc1N=C=O. The van der Waals surface area contributed by atoms with Crippen molar-refractivity contribution in [3.8, 4) is 11.1 Å². The number of isocyanates is 1. The molecule has 0 aliphatic carbocycles. The second-order valence-corrected chi connectivity index (χ2v) is 4.27. The molecule has 0 aromatic heterocycles. The Balaban J connectivity index is 2.63. The van der Waals surface area contributed by atoms with Crippen LogP contribution in [0, 0.1) is 0 Å². The molecule has 0 atom stereocenters. The third-order valence-electron chi connectivity index (χ3n) is 2.47. The van der Waals surface area contributed by atoms with Gasteiger partial charge in [0.1, 0.15) is 0 Å². The molecule has 84 valence electrons. The van der Waals surface area contributed by atoms with Crippen molar-refractivity contribution in [2.24, 2.45) is 4.99 Å². The first-order valence-electron chi connectivity index (χ1n) is 5.17. The van der Waals surface area contributed by atoms with Gasteiger partial charge in [0.05, 0.1) is 5.69 Å². The first-order chi connectivity index (χ1) is 8.36. The average molecular weight is 241 g/mol. The van der Waals surface area contributed by atoms with Gasteiger partial charge < -0.3 is 0 Å². The van der Waals surface area contributed by atoms with Crippen LogP contribution in [0.1, 0.15) is 0 Å². The van der Waals surface area contributed by atoms with Gasteiger partial charge in [0.25, 0.3) is 0 Å². The van der Waals surface area contributed by atoms with E-state index in [-0.39, 0.29) is 0 Å². The smallest absolute Gasteiger partial charge is 0.211 e. The van der Waals surface area contributed by atoms with Gasteiger partial charge in [-0.15, -0.1) is 11.8 Å². The minimum Gasteiger partial charge on any atom is -0.211 e. The highest BCUT2D eigenvalue weighted by molar-refractivity contribution is 7.98. The third kappa shape index (κ3) is 2.47. The molecule has 0 N–H and O–H groups in total. The van der Waals surface area contributed by atoms with Crippen molar-refractivity contribution in [3.63, 3.8) is 0 Å². The fraction of sp³-hybridized carbons (Fsp3) is 0.0714. The fourth-order valence-electron chi connectivity index (χ4n) is 1.72. The Kier molecular flexibility index (Phi) is 3.76. The Morgan fingerprint density at radius 1 is 1.00 bits per heavy atom. The molecule has 0 spiro atoms. The zero-order valence-corrected chi connectivity index (χ0v) is 10.2. The molecule has 3 heteroatoms. The van der Waals surface area contributed by atoms with Crippen LogP contribution in [0.4, 0.5) is 5.69 Å². The van der Waals surface area contributed by atoms with Crippen LogP contribution < -0.4 is 0 Å². The van der Waals surface area contributed by atoms with Gasteiger partial charge in [-0.05, 0) is 24.0 Å². The lowest BCUT2D eigenvalue weighted by Crippen LogP contribution is -1.82. The number of thioether (sulfide) groups is 1. The highest BCUT2D eigenvalue weighted by Crippen LogP contribution is 2.35. The van der Waals surface area contributed by atoms with Gasteiger partial charge in [-0.25, -0.2) is 4.79 Å². The Bertz CT molecular complexity index is 574. The lowest BCUT2D eigenvalue weighted by atomic mass is 10.0. The molecule has 0 unspecified atom stereocenters. The molecule has 0 amide bonds. The molecule has 2 rings (SSSR count). The normalized spacial score (nSPS) is 9.71. The van der Waals surface area contributed by atoms with Crippen LogP contribution in [0.5, 0.6) is 0 Å². The van der Waals surface area contributed by atoms with Crippen LogP contribution >= 0.6 is 11.8 Å². The highest BCUT2D eigenvalue weighted by atomic mass is 32.2. The minimum atomic E-state index is 0.656. The monoisotopic (exact) mass is 241 g/mol. The molecule has 2 aromatic carbocycles. The van der Waals surface area contributed by atoms with E-state index < -0.39 is 0 Å². The summed E-state index contributed by atoms with van der Waals surface area (Å²) in [6.45, 7) is 0. The van der Waals surface area contributed by atoms with Crippen molar-refractivity contribution >= 4 is 23.5 Å². The zero-order valence-electron chi connectivity index (χ0n) is 9.38. The van der Waals surface area contributed by atoms with Crippen molar-refractivity contribution in [2.45, 2.75) is 4.90 Å². The Labute approximate surface area is 104 Å². The number of para-hydroxylation sites is 1. The van der Waals surface area contributed by atoms with Gasteiger partial charge in [-0.1, -0.05) is 36.4 Å². The van der Waals surface area contributed by atoms with Crippen LogP contribution in [0.3, 0.4) is 0 Å². The number of hydrogen-bond acceptors (Lipinski definition) is 3. The molecule has 0 aliphatic rings. The van der Waals surface area contributed by atoms with E-state index >= 15 is 0 Å². The molecule has 0 bridgehead atoms. The van der Waals surface area contributed by atoms with Gasteiger partial charge >= 0.3 is 0 Å². The van der Waals surface area contributed by atoms with E-state index in [1.807, 2.05) is 48.7 Å². The fourth-order valence-corrected chi connectivity index (χ4v) is 2.33. The Morgan fingerprint density at radius 2 is 1.65 bits per heavy atom. The number of benzene rings is 2. The van der Waals surface area contributed by atoms with Crippen molar-refractivity contribution in [1.29, 1.82) is 0 Å². The van der Waals surface area contributed by atoms with Gasteiger partial charge in [0, 0.05) is 10.5 Å². The summed E-state index contributed by atoms with van der Waals surface area (Å²) in [5.74, 6) is 0. The van der Waals surface area contributed by atoms with Crippen LogP contribution in [-0.4, -0.2) is 12.3 Å². The van der Waals surface area contributed by atoms with Crippen molar-refractivity contribution in [1.82, 2.24) is 0 Å². The van der Waals surface area contributed by atoms with E-state index in [2.05, 4.69) is 11.1 Å². The van der Waals surface area contributed by atoms with E-state index in [0.717, 1.165) is 11.1 Å². The second-order valence-electron chi connectivity index (χ2n) is 3.42. The predicted octanol–water partition coefficient (Wildman–Crippen LogP) is 4.04. The minimum absolute atomic E-state index is 0.656. The number of carbonyl (C=O) groups excluding carboxylic acids is 1. The molecule has 0 heterocycles. The number of hydrogen-bond donors (Lipinski definition) is 0. The van der Waals surface area contributed by atoms with Crippen LogP contribution in [0.25, 0.3) is 11.1 Å². The Morgan fingerprint density at radius 3 is 2.35 bits per heavy atom. The summed E-state index contributed by atoms with van der Waals surface area (Å²) >= 11 is 1.68. The molecule has 0 saturated heterocycles. The standard InChI is InChI=1S/C14H11NOS/c1-17-14-9-5-3-7-12(14)11-6-2-4-8-13(11)15-10-16/h2-9H,1H3. The largest absolute Gasteiger partial charge is 0.240 e. The lowest BCUT2D eigenvalue weighted by Gasteiger charge is -2.08. The summed E-state index contributed by atoms with van der Waals surface area (Å²) in [7, 11) is 0. The topological polar surface area (TPSA) is 29.4 Å². The summed E-state index contributed by atoms with van der Waals surface area (Å²) in [5.41, 5.74) is 2.71. The molecule has 0 fully saturated rings. The predicted molar refractivity (Wildman–Crippen MR) is 71.4 cm³/mol. The molecule has 17 heavy (non-hydrogen) atoms. The summed E-state index contributed by atoms with van der Waals surface area (Å²) in [5, 5.41) is 0. The lowest BCUT2D eigenvalue weighted by molar-refractivity contribution is 0.565. The van der Waals surface area contributed by atoms with Crippen LogP contribution in [0.2, 0.25) is 0 Å². The maximum atomic E-state index is 10.4. The molecule has 2 aromatic rings. The van der Waals surface area contributed by atoms with E-state index in [1.54, 1.807) is 17.8 Å². The Hall–Kier alpha value is -1.83. The maximum absolute atomic E-state index is 10.4. The quantitative estimate of drug-likeness (QED) is 0.461. The number of nitrogens with zero attached hydrogens (tertiary/aromatic N) is 1. The molecular weight excluding hydrogens is 230 g/mol. The molecule has 0 saturated carbocycles. The van der Waals surface area contributed by atoms with Gasteiger partial charge in [-0.2, -0.15) is 4.99 Å². The molecule has 0 radical (unpaired) electrons. The van der Waals surface area contributed by atoms with Crippen LogP contribution in [0.15, 0.2) is 58.4 Å². The second kappa shape index (κ2) is 5.48. The van der Waals surface area contributed by atoms with Gasteiger partial charge in [0.2, 0.25) is 6.08 Å². The molecular formula is C14H11NOS. The molecule has 0 aliphatic heterocycles. The van der Waals surface area contributed by atoms with E-state index in [4.69, 9.17) is 0 Å². The highest BCUT2D eigenvalue weighted by Gasteiger charge is 2.07. The van der Waals surface area contributed by atoms with Crippen molar-refractivity contribution in [3.05, 3.63) is 48.5 Å². The average Bonchev–Trinajstić information content (AvgIpc) is 2.40. The summed E-state index contributed by atoms with van der Waals surface area (Å²) < 4.78 is 0. The third-order valence-corrected chi connectivity index (χ3v) is 3.26. The van der Waals surface area contributed by atoms with Crippen molar-refractivity contribution in [2.75, 3.05) is 6.26 Å². The first-order valence-corrected chi connectivity index (χ1v) is 6.39. The summed E-state index contributed by atoms with van der Waals surface area (Å²) in [6.07, 6.45) is 3.63. The summed E-state index contributed by atoms with van der Waals surface area (Å²) in [6, 6.07) is 15.7. The van der Waals surface area contributed by atoms with E-state index in [1.165, 1.54) is 4.90 Å². The molecule has 2 nitrogen and oxygen atoms in total. The van der Waals surface area contributed by atoms with Crippen LogP contribution in [-0.2, 0) is 4.79 Å². The van der Waals surface area contributed by atoms with E-state index in [0.29, 0.717) is 5.69 Å². The maximum Gasteiger partial charge on any atom is 0.240 e. The number of aliphatic imine (C=N–C) groups is 1. The number of rotatable bonds is 3.